The molecule has 0 saturated heterocycles. The molecular weight excluding hydrogens is 400 g/mol. The second-order valence-corrected chi connectivity index (χ2v) is 10.4. The summed E-state index contributed by atoms with van der Waals surface area (Å²) in [5.41, 5.74) is 1.44. The van der Waals surface area contributed by atoms with Crippen molar-refractivity contribution in [1.82, 2.24) is 9.88 Å². The molecule has 0 aliphatic rings. The number of nitrogens with zero attached hydrogens (tertiary/aromatic N) is 2. The van der Waals surface area contributed by atoms with Crippen molar-refractivity contribution in [2.24, 2.45) is 0 Å². The molecule has 0 spiro atoms. The number of hydrogen-bond donors (Lipinski definition) is 0. The lowest BCUT2D eigenvalue weighted by Gasteiger charge is -2.21. The number of benzene rings is 1. The lowest BCUT2D eigenvalue weighted by atomic mass is 10.2. The van der Waals surface area contributed by atoms with Crippen molar-refractivity contribution in [1.29, 1.82) is 0 Å². The number of thiazole rings is 1. The monoisotopic (exact) mass is 420 g/mol. The van der Waals surface area contributed by atoms with Crippen LogP contribution in [0.5, 0.6) is 0 Å². The summed E-state index contributed by atoms with van der Waals surface area (Å²) >= 11 is 2.98. The first-order valence-electron chi connectivity index (χ1n) is 8.35. The quantitative estimate of drug-likeness (QED) is 0.583. The minimum atomic E-state index is -3.65. The fraction of sp³-hybridized carbons (Fsp3) is 0.263. The number of carbonyl (C=O) groups excluding carboxylic acids is 1. The molecule has 0 aliphatic heterocycles. The molecule has 8 heteroatoms. The van der Waals surface area contributed by atoms with E-state index < -0.39 is 21.0 Å². The van der Waals surface area contributed by atoms with E-state index >= 15 is 0 Å². The fourth-order valence-corrected chi connectivity index (χ4v) is 5.65. The van der Waals surface area contributed by atoms with Gasteiger partial charge in [-0.3, -0.25) is 4.79 Å². The van der Waals surface area contributed by atoms with Gasteiger partial charge in [-0.2, -0.15) is 0 Å². The van der Waals surface area contributed by atoms with Crippen LogP contribution >= 0.6 is 22.7 Å². The number of hydrogen-bond acceptors (Lipinski definition) is 6. The molecule has 0 saturated carbocycles. The number of carbonyl (C=O) groups is 1. The molecule has 5 nitrogen and oxygen atoms in total. The summed E-state index contributed by atoms with van der Waals surface area (Å²) in [6, 6.07) is 13.4. The summed E-state index contributed by atoms with van der Waals surface area (Å²) in [4.78, 5) is 19.5. The van der Waals surface area contributed by atoms with E-state index in [1.807, 2.05) is 47.8 Å². The van der Waals surface area contributed by atoms with Crippen molar-refractivity contribution in [2.75, 3.05) is 7.05 Å². The first-order chi connectivity index (χ1) is 12.9. The molecular formula is C19H20N2O3S3. The molecule has 0 bridgehead atoms. The van der Waals surface area contributed by atoms with E-state index in [1.165, 1.54) is 23.2 Å². The maximum Gasteiger partial charge on any atom is 0.240 e. The van der Waals surface area contributed by atoms with E-state index in [2.05, 4.69) is 4.98 Å². The van der Waals surface area contributed by atoms with Crippen LogP contribution in [-0.4, -0.2) is 36.5 Å². The van der Waals surface area contributed by atoms with Crippen molar-refractivity contribution >= 4 is 38.4 Å². The van der Waals surface area contributed by atoms with Crippen LogP contribution in [0, 0.1) is 0 Å². The van der Waals surface area contributed by atoms with Gasteiger partial charge in [0.1, 0.15) is 10.3 Å². The molecule has 1 aromatic carbocycles. The van der Waals surface area contributed by atoms with Gasteiger partial charge in [0, 0.05) is 19.0 Å². The van der Waals surface area contributed by atoms with Gasteiger partial charge in [-0.25, -0.2) is 13.4 Å². The largest absolute Gasteiger partial charge is 0.340 e. The van der Waals surface area contributed by atoms with Crippen LogP contribution in [0.1, 0.15) is 18.2 Å². The standard InChI is InChI=1S/C19H20N2O3S3/c1-14(19(22)21(2)11-15-7-4-3-5-8-15)27(23,24)13-16-12-26-18(20-16)17-9-6-10-25-17/h3-10,12,14H,11,13H2,1-2H3/t14-/m1/s1. The highest BCUT2D eigenvalue weighted by Gasteiger charge is 2.31. The molecule has 142 valence electrons. The van der Waals surface area contributed by atoms with E-state index in [0.717, 1.165) is 15.4 Å². The first kappa shape index (κ1) is 19.7. The predicted octanol–water partition coefficient (Wildman–Crippen LogP) is 3.83. The van der Waals surface area contributed by atoms with E-state index in [9.17, 15) is 13.2 Å². The third-order valence-corrected chi connectivity index (χ3v) is 8.07. The summed E-state index contributed by atoms with van der Waals surface area (Å²) in [5.74, 6) is -0.645. The van der Waals surface area contributed by atoms with Gasteiger partial charge in [-0.1, -0.05) is 36.4 Å². The lowest BCUT2D eigenvalue weighted by Crippen LogP contribution is -2.39. The van der Waals surface area contributed by atoms with E-state index in [1.54, 1.807) is 23.8 Å². The average Bonchev–Trinajstić information content (AvgIpc) is 3.32. The minimum Gasteiger partial charge on any atom is -0.340 e. The average molecular weight is 421 g/mol. The Balaban J connectivity index is 1.67. The molecule has 0 fully saturated rings. The van der Waals surface area contributed by atoms with Crippen LogP contribution in [0.3, 0.4) is 0 Å². The Hall–Kier alpha value is -2.03. The van der Waals surface area contributed by atoms with E-state index in [4.69, 9.17) is 0 Å². The maximum absolute atomic E-state index is 12.7. The molecule has 0 radical (unpaired) electrons. The number of thiophene rings is 1. The van der Waals surface area contributed by atoms with Crippen LogP contribution < -0.4 is 0 Å². The molecule has 0 aliphatic carbocycles. The van der Waals surface area contributed by atoms with E-state index in [-0.39, 0.29) is 5.75 Å². The zero-order chi connectivity index (χ0) is 19.4. The molecule has 2 aromatic heterocycles. The summed E-state index contributed by atoms with van der Waals surface area (Å²) in [6.45, 7) is 1.82. The van der Waals surface area contributed by atoms with Crippen molar-refractivity contribution in [2.45, 2.75) is 24.5 Å². The first-order valence-corrected chi connectivity index (χ1v) is 11.8. The highest BCUT2D eigenvalue weighted by atomic mass is 32.2. The Labute approximate surface area is 167 Å². The molecule has 1 atom stereocenters. The SMILES string of the molecule is C[C@H](C(=O)N(C)Cc1ccccc1)S(=O)(=O)Cc1csc(-c2cccs2)n1. The Morgan fingerprint density at radius 1 is 1.15 bits per heavy atom. The minimum absolute atomic E-state index is 0.235. The Morgan fingerprint density at radius 2 is 1.89 bits per heavy atom. The lowest BCUT2D eigenvalue weighted by molar-refractivity contribution is -0.129. The Morgan fingerprint density at radius 3 is 2.56 bits per heavy atom. The summed E-state index contributed by atoms with van der Waals surface area (Å²) in [6.07, 6.45) is 0. The topological polar surface area (TPSA) is 67.3 Å². The van der Waals surface area contributed by atoms with Gasteiger partial charge in [0.05, 0.1) is 16.3 Å². The van der Waals surface area contributed by atoms with Crippen molar-refractivity contribution in [3.05, 3.63) is 64.5 Å². The van der Waals surface area contributed by atoms with Crippen LogP contribution in [0.25, 0.3) is 9.88 Å². The van der Waals surface area contributed by atoms with Crippen molar-refractivity contribution < 1.29 is 13.2 Å². The van der Waals surface area contributed by atoms with Gasteiger partial charge >= 0.3 is 0 Å². The summed E-state index contributed by atoms with van der Waals surface area (Å²) in [5, 5.41) is 3.39. The van der Waals surface area contributed by atoms with Crippen LogP contribution in [0.2, 0.25) is 0 Å². The summed E-state index contributed by atoms with van der Waals surface area (Å²) in [7, 11) is -2.02. The molecule has 3 aromatic rings. The third-order valence-electron chi connectivity index (χ3n) is 4.16. The van der Waals surface area contributed by atoms with Crippen LogP contribution in [0.4, 0.5) is 0 Å². The highest BCUT2D eigenvalue weighted by molar-refractivity contribution is 7.92. The van der Waals surface area contributed by atoms with E-state index in [0.29, 0.717) is 12.2 Å². The van der Waals surface area contributed by atoms with Gasteiger partial charge < -0.3 is 4.90 Å². The zero-order valence-corrected chi connectivity index (χ0v) is 17.5. The molecule has 3 rings (SSSR count). The third kappa shape index (κ3) is 4.82. The molecule has 0 unspecified atom stereocenters. The Kier molecular flexibility index (Phi) is 6.08. The smallest absolute Gasteiger partial charge is 0.240 e. The number of aromatic nitrogens is 1. The van der Waals surface area contributed by atoms with Gasteiger partial charge in [-0.05, 0) is 23.9 Å². The predicted molar refractivity (Wildman–Crippen MR) is 110 cm³/mol. The zero-order valence-electron chi connectivity index (χ0n) is 15.0. The molecule has 27 heavy (non-hydrogen) atoms. The molecule has 1 amide bonds. The highest BCUT2D eigenvalue weighted by Crippen LogP contribution is 2.28. The Bertz CT molecular complexity index is 996. The van der Waals surface area contributed by atoms with Crippen LogP contribution in [-0.2, 0) is 26.9 Å². The normalized spacial score (nSPS) is 12.7. The van der Waals surface area contributed by atoms with Crippen molar-refractivity contribution in [3.63, 3.8) is 0 Å². The number of sulfone groups is 1. The van der Waals surface area contributed by atoms with Gasteiger partial charge in [0.15, 0.2) is 9.84 Å². The van der Waals surface area contributed by atoms with Crippen LogP contribution in [0.15, 0.2) is 53.2 Å². The van der Waals surface area contributed by atoms with Gasteiger partial charge in [0.25, 0.3) is 0 Å². The van der Waals surface area contributed by atoms with Crippen molar-refractivity contribution in [3.8, 4) is 9.88 Å². The number of rotatable bonds is 7. The second-order valence-electron chi connectivity index (χ2n) is 6.25. The maximum atomic E-state index is 12.7. The summed E-state index contributed by atoms with van der Waals surface area (Å²) < 4.78 is 25.4. The van der Waals surface area contributed by atoms with Gasteiger partial charge in [0.2, 0.25) is 5.91 Å². The number of amides is 1. The fourth-order valence-electron chi connectivity index (χ4n) is 2.62. The van der Waals surface area contributed by atoms with Gasteiger partial charge in [-0.15, -0.1) is 22.7 Å². The molecule has 0 N–H and O–H groups in total. The second kappa shape index (κ2) is 8.33. The molecule has 2 heterocycles.